The topological polar surface area (TPSA) is 61.8 Å². The molecule has 130 valence electrons. The number of amides is 2. The van der Waals surface area contributed by atoms with Gasteiger partial charge in [0.15, 0.2) is 0 Å². The van der Waals surface area contributed by atoms with E-state index in [1.165, 1.54) is 10.4 Å². The van der Waals surface area contributed by atoms with Crippen LogP contribution in [-0.2, 0) is 16.0 Å². The van der Waals surface area contributed by atoms with E-state index >= 15 is 0 Å². The lowest BCUT2D eigenvalue weighted by molar-refractivity contribution is -0.125. The molecule has 25 heavy (non-hydrogen) atoms. The molecule has 0 radical (unpaired) electrons. The number of hydrogen-bond acceptors (Lipinski definition) is 4. The molecule has 1 aliphatic heterocycles. The first-order chi connectivity index (χ1) is 12.1. The van der Waals surface area contributed by atoms with E-state index in [0.29, 0.717) is 6.54 Å². The van der Waals surface area contributed by atoms with Crippen molar-refractivity contribution < 1.29 is 9.59 Å². The Morgan fingerprint density at radius 1 is 1.24 bits per heavy atom. The van der Waals surface area contributed by atoms with Crippen molar-refractivity contribution in [1.29, 1.82) is 0 Å². The fourth-order valence-corrected chi connectivity index (χ4v) is 3.64. The summed E-state index contributed by atoms with van der Waals surface area (Å²) in [6, 6.07) is 11.9. The number of rotatable bonds is 5. The Morgan fingerprint density at radius 2 is 2.08 bits per heavy atom. The third-order valence-corrected chi connectivity index (χ3v) is 5.05. The number of fused-ring (bicyclic) bond motifs is 1. The van der Waals surface area contributed by atoms with Gasteiger partial charge in [-0.3, -0.25) is 9.59 Å². The van der Waals surface area contributed by atoms with E-state index in [9.17, 15) is 9.59 Å². The molecule has 0 saturated heterocycles. The van der Waals surface area contributed by atoms with Gasteiger partial charge in [0, 0.05) is 34.8 Å². The number of hydrogen-bond donors (Lipinski definition) is 1. The van der Waals surface area contributed by atoms with E-state index < -0.39 is 0 Å². The smallest absolute Gasteiger partial charge is 0.240 e. The zero-order valence-corrected chi connectivity index (χ0v) is 15.0. The van der Waals surface area contributed by atoms with E-state index in [2.05, 4.69) is 16.6 Å². The highest BCUT2D eigenvalue weighted by Gasteiger charge is 2.22. The molecule has 0 aliphatic carbocycles. The van der Waals surface area contributed by atoms with Gasteiger partial charge in [-0.1, -0.05) is 18.2 Å². The lowest BCUT2D eigenvalue weighted by Crippen LogP contribution is -2.36. The predicted octanol–water partition coefficient (Wildman–Crippen LogP) is 3.27. The summed E-state index contributed by atoms with van der Waals surface area (Å²) in [6.07, 6.45) is 3.90. The van der Waals surface area contributed by atoms with Crippen molar-refractivity contribution in [3.63, 3.8) is 0 Å². The molecule has 1 N–H and O–H groups in total. The second kappa shape index (κ2) is 8.07. The summed E-state index contributed by atoms with van der Waals surface area (Å²) >= 11 is 1.61. The standard InChI is InChI=1S/C19H21N3O2S/c1-14-8-9-16(25-14)13-20-21-18(23)10-11-19(24)22-12-4-6-15-5-2-3-7-17(15)22/h2-3,5,7-9,13H,4,6,10-12H2,1H3,(H,21,23). The molecule has 0 saturated carbocycles. The van der Waals surface area contributed by atoms with Gasteiger partial charge in [0.1, 0.15) is 0 Å². The molecule has 2 aromatic rings. The summed E-state index contributed by atoms with van der Waals surface area (Å²) in [4.78, 5) is 28.3. The fraction of sp³-hybridized carbons (Fsp3) is 0.316. The van der Waals surface area contributed by atoms with Gasteiger partial charge >= 0.3 is 0 Å². The minimum Gasteiger partial charge on any atom is -0.312 e. The first kappa shape index (κ1) is 17.4. The predicted molar refractivity (Wildman–Crippen MR) is 101 cm³/mol. The SMILES string of the molecule is Cc1ccc(C=NNC(=O)CCC(=O)N2CCCc3ccccc32)s1. The number of aryl methyl sites for hydroxylation is 2. The molecule has 0 atom stereocenters. The normalized spacial score (nSPS) is 13.7. The molecule has 5 nitrogen and oxygen atoms in total. The number of benzene rings is 1. The van der Waals surface area contributed by atoms with Crippen LogP contribution in [0.4, 0.5) is 5.69 Å². The number of anilines is 1. The van der Waals surface area contributed by atoms with Gasteiger partial charge in [0.05, 0.1) is 6.21 Å². The molecule has 0 bridgehead atoms. The third kappa shape index (κ3) is 4.54. The monoisotopic (exact) mass is 355 g/mol. The molecule has 0 spiro atoms. The highest BCUT2D eigenvalue weighted by atomic mass is 32.1. The van der Waals surface area contributed by atoms with Crippen LogP contribution >= 0.6 is 11.3 Å². The van der Waals surface area contributed by atoms with Crippen molar-refractivity contribution >= 4 is 35.1 Å². The number of hydrazone groups is 1. The van der Waals surface area contributed by atoms with E-state index in [0.717, 1.165) is 23.4 Å². The van der Waals surface area contributed by atoms with Crippen molar-refractivity contribution in [3.8, 4) is 0 Å². The van der Waals surface area contributed by atoms with Crippen LogP contribution < -0.4 is 10.3 Å². The van der Waals surface area contributed by atoms with Crippen molar-refractivity contribution in [3.05, 3.63) is 51.7 Å². The van der Waals surface area contributed by atoms with Crippen LogP contribution in [0, 0.1) is 6.92 Å². The van der Waals surface area contributed by atoms with Gasteiger partial charge in [0.25, 0.3) is 0 Å². The molecule has 0 fully saturated rings. The van der Waals surface area contributed by atoms with Gasteiger partial charge in [-0.2, -0.15) is 5.10 Å². The first-order valence-corrected chi connectivity index (χ1v) is 9.22. The molecule has 2 heterocycles. The van der Waals surface area contributed by atoms with Crippen molar-refractivity contribution in [2.75, 3.05) is 11.4 Å². The Bertz CT molecular complexity index is 797. The lowest BCUT2D eigenvalue weighted by Gasteiger charge is -2.29. The molecule has 2 amide bonds. The van der Waals surface area contributed by atoms with Gasteiger partial charge in [0.2, 0.25) is 11.8 Å². The molecule has 0 unspecified atom stereocenters. The highest BCUT2D eigenvalue weighted by Crippen LogP contribution is 2.27. The van der Waals surface area contributed by atoms with Crippen molar-refractivity contribution in [2.45, 2.75) is 32.6 Å². The van der Waals surface area contributed by atoms with Gasteiger partial charge in [-0.15, -0.1) is 11.3 Å². The van der Waals surface area contributed by atoms with Crippen LogP contribution in [0.3, 0.4) is 0 Å². The van der Waals surface area contributed by atoms with Crippen LogP contribution in [0.2, 0.25) is 0 Å². The van der Waals surface area contributed by atoms with Crippen molar-refractivity contribution in [2.24, 2.45) is 5.10 Å². The molecule has 6 heteroatoms. The fourth-order valence-electron chi connectivity index (χ4n) is 2.89. The zero-order valence-electron chi connectivity index (χ0n) is 14.2. The summed E-state index contributed by atoms with van der Waals surface area (Å²) < 4.78 is 0. The zero-order chi connectivity index (χ0) is 17.6. The summed E-state index contributed by atoms with van der Waals surface area (Å²) in [5.41, 5.74) is 4.66. The summed E-state index contributed by atoms with van der Waals surface area (Å²) in [7, 11) is 0. The Labute approximate surface area is 151 Å². The van der Waals surface area contributed by atoms with Crippen LogP contribution in [0.1, 0.15) is 34.6 Å². The Hall–Kier alpha value is -2.47. The quantitative estimate of drug-likeness (QED) is 0.661. The average Bonchev–Trinajstić information content (AvgIpc) is 3.04. The Kier molecular flexibility index (Phi) is 5.60. The highest BCUT2D eigenvalue weighted by molar-refractivity contribution is 7.13. The minimum absolute atomic E-state index is 0.0137. The van der Waals surface area contributed by atoms with Crippen LogP contribution in [-0.4, -0.2) is 24.6 Å². The molecular formula is C19H21N3O2S. The first-order valence-electron chi connectivity index (χ1n) is 8.40. The van der Waals surface area contributed by atoms with Crippen molar-refractivity contribution in [1.82, 2.24) is 5.43 Å². The average molecular weight is 355 g/mol. The Morgan fingerprint density at radius 3 is 2.88 bits per heavy atom. The number of carbonyl (C=O) groups excluding carboxylic acids is 2. The number of carbonyl (C=O) groups is 2. The third-order valence-electron chi connectivity index (χ3n) is 4.12. The van der Waals surface area contributed by atoms with E-state index in [4.69, 9.17) is 0 Å². The van der Waals surface area contributed by atoms with Crippen LogP contribution in [0.25, 0.3) is 0 Å². The second-order valence-corrected chi connectivity index (χ2v) is 7.34. The van der Waals surface area contributed by atoms with Crippen LogP contribution in [0.5, 0.6) is 0 Å². The molecular weight excluding hydrogens is 334 g/mol. The largest absolute Gasteiger partial charge is 0.312 e. The summed E-state index contributed by atoms with van der Waals surface area (Å²) in [5, 5.41) is 3.94. The van der Waals surface area contributed by atoms with E-state index in [-0.39, 0.29) is 24.7 Å². The van der Waals surface area contributed by atoms with E-state index in [1.54, 1.807) is 22.5 Å². The number of nitrogens with zero attached hydrogens (tertiary/aromatic N) is 2. The lowest BCUT2D eigenvalue weighted by atomic mass is 10.0. The number of para-hydroxylation sites is 1. The van der Waals surface area contributed by atoms with Gasteiger partial charge < -0.3 is 4.90 Å². The number of thiophene rings is 1. The minimum atomic E-state index is -0.247. The summed E-state index contributed by atoms with van der Waals surface area (Å²) in [5.74, 6) is -0.261. The molecule has 1 aromatic heterocycles. The maximum Gasteiger partial charge on any atom is 0.240 e. The summed E-state index contributed by atoms with van der Waals surface area (Å²) in [6.45, 7) is 2.73. The van der Waals surface area contributed by atoms with Gasteiger partial charge in [-0.05, 0) is 43.5 Å². The van der Waals surface area contributed by atoms with Crippen LogP contribution in [0.15, 0.2) is 41.5 Å². The molecule has 3 rings (SSSR count). The Balaban J connectivity index is 1.49. The maximum absolute atomic E-state index is 12.5. The van der Waals surface area contributed by atoms with Gasteiger partial charge in [-0.25, -0.2) is 5.43 Å². The second-order valence-electron chi connectivity index (χ2n) is 6.02. The molecule has 1 aliphatic rings. The molecule has 1 aromatic carbocycles. The number of nitrogens with one attached hydrogen (secondary N) is 1. The maximum atomic E-state index is 12.5. The van der Waals surface area contributed by atoms with E-state index in [1.807, 2.05) is 37.3 Å².